The van der Waals surface area contributed by atoms with Gasteiger partial charge in [0.05, 0.1) is 22.0 Å². The fraction of sp³-hybridized carbons (Fsp3) is 0.194. The highest BCUT2D eigenvalue weighted by molar-refractivity contribution is 8.26. The predicted molar refractivity (Wildman–Crippen MR) is 169 cm³/mol. The Hall–Kier alpha value is -3.57. The van der Waals surface area contributed by atoms with E-state index in [1.807, 2.05) is 87.6 Å². The molecule has 0 bridgehead atoms. The Morgan fingerprint density at radius 1 is 0.976 bits per heavy atom. The van der Waals surface area contributed by atoms with Crippen LogP contribution in [-0.4, -0.2) is 50.7 Å². The number of amides is 1. The van der Waals surface area contributed by atoms with Gasteiger partial charge < -0.3 is 0 Å². The highest BCUT2D eigenvalue weighted by Crippen LogP contribution is 2.36. The van der Waals surface area contributed by atoms with Gasteiger partial charge in [-0.25, -0.2) is 13.1 Å². The molecule has 10 heteroatoms. The fourth-order valence-electron chi connectivity index (χ4n) is 4.60. The smallest absolute Gasteiger partial charge is 0.266 e. The Morgan fingerprint density at radius 2 is 1.68 bits per heavy atom. The molecule has 1 aromatic heterocycles. The van der Waals surface area contributed by atoms with Crippen LogP contribution in [0.5, 0.6) is 0 Å². The first kappa shape index (κ1) is 28.9. The molecule has 1 fully saturated rings. The molecule has 5 rings (SSSR count). The van der Waals surface area contributed by atoms with Gasteiger partial charge in [0.15, 0.2) is 0 Å². The minimum Gasteiger partial charge on any atom is -0.288 e. The maximum absolute atomic E-state index is 13.5. The lowest BCUT2D eigenvalue weighted by molar-refractivity contribution is -0.122. The second kappa shape index (κ2) is 12.1. The van der Waals surface area contributed by atoms with Crippen molar-refractivity contribution in [2.24, 2.45) is 0 Å². The lowest BCUT2D eigenvalue weighted by atomic mass is 10.1. The number of thioether (sulfide) groups is 1. The van der Waals surface area contributed by atoms with Crippen LogP contribution in [0.25, 0.3) is 23.0 Å². The van der Waals surface area contributed by atoms with Gasteiger partial charge in [-0.2, -0.15) is 9.40 Å². The molecule has 0 aliphatic carbocycles. The highest BCUT2D eigenvalue weighted by Gasteiger charge is 2.32. The average molecular weight is 603 g/mol. The second-order valence-corrected chi connectivity index (χ2v) is 13.2. The minimum absolute atomic E-state index is 0.170. The van der Waals surface area contributed by atoms with Crippen molar-refractivity contribution >= 4 is 50.3 Å². The number of sulfonamides is 1. The summed E-state index contributed by atoms with van der Waals surface area (Å²) in [5, 5.41) is 4.84. The SMILES string of the molecule is CCN(CC)S(=O)(=O)c1cccc(-c2nn(-c3ccccc3)cc2C=C2SC(=S)N(Cc3ccc(C)cc3)C2=O)c1. The monoisotopic (exact) mass is 602 g/mol. The van der Waals surface area contributed by atoms with Crippen molar-refractivity contribution in [1.82, 2.24) is 19.0 Å². The number of rotatable bonds is 9. The van der Waals surface area contributed by atoms with E-state index < -0.39 is 10.0 Å². The number of aromatic nitrogens is 2. The minimum atomic E-state index is -3.67. The van der Waals surface area contributed by atoms with E-state index in [1.54, 1.807) is 33.9 Å². The number of para-hydroxylation sites is 1. The number of aryl methyl sites for hydroxylation is 1. The molecule has 0 N–H and O–H groups in total. The first-order chi connectivity index (χ1) is 19.7. The van der Waals surface area contributed by atoms with E-state index in [0.29, 0.717) is 45.7 Å². The third-order valence-corrected chi connectivity index (χ3v) is 10.3. The van der Waals surface area contributed by atoms with Gasteiger partial charge in [0, 0.05) is 30.4 Å². The number of hydrogen-bond acceptors (Lipinski definition) is 6. The Kier molecular flexibility index (Phi) is 8.55. The Bertz CT molecular complexity index is 1730. The summed E-state index contributed by atoms with van der Waals surface area (Å²) in [6.45, 7) is 6.81. The molecule has 0 spiro atoms. The van der Waals surface area contributed by atoms with Gasteiger partial charge in [0.1, 0.15) is 10.0 Å². The predicted octanol–water partition coefficient (Wildman–Crippen LogP) is 6.28. The summed E-state index contributed by atoms with van der Waals surface area (Å²) in [6, 6.07) is 24.5. The van der Waals surface area contributed by atoms with Gasteiger partial charge in [-0.05, 0) is 42.8 Å². The lowest BCUT2D eigenvalue weighted by Gasteiger charge is -2.18. The molecule has 0 unspecified atom stereocenters. The summed E-state index contributed by atoms with van der Waals surface area (Å²) in [6.07, 6.45) is 3.64. The van der Waals surface area contributed by atoms with Crippen LogP contribution in [0.2, 0.25) is 0 Å². The lowest BCUT2D eigenvalue weighted by Crippen LogP contribution is -2.30. The van der Waals surface area contributed by atoms with Crippen molar-refractivity contribution in [3.05, 3.63) is 107 Å². The molecule has 2 heterocycles. The number of carbonyl (C=O) groups is 1. The molecule has 4 aromatic rings. The van der Waals surface area contributed by atoms with E-state index in [1.165, 1.54) is 16.1 Å². The van der Waals surface area contributed by atoms with Gasteiger partial charge in [0.25, 0.3) is 5.91 Å². The van der Waals surface area contributed by atoms with Crippen LogP contribution in [0.1, 0.15) is 30.5 Å². The van der Waals surface area contributed by atoms with Gasteiger partial charge >= 0.3 is 0 Å². The van der Waals surface area contributed by atoms with Gasteiger partial charge in [-0.3, -0.25) is 9.69 Å². The van der Waals surface area contributed by atoms with E-state index >= 15 is 0 Å². The molecule has 1 aliphatic heterocycles. The van der Waals surface area contributed by atoms with Gasteiger partial charge in [-0.15, -0.1) is 0 Å². The zero-order valence-electron chi connectivity index (χ0n) is 23.0. The molecular weight excluding hydrogens is 573 g/mol. The van der Waals surface area contributed by atoms with Gasteiger partial charge in [-0.1, -0.05) is 98.0 Å². The number of benzene rings is 3. The van der Waals surface area contributed by atoms with E-state index in [9.17, 15) is 13.2 Å². The highest BCUT2D eigenvalue weighted by atomic mass is 32.2. The van der Waals surface area contributed by atoms with Crippen molar-refractivity contribution in [1.29, 1.82) is 0 Å². The summed E-state index contributed by atoms with van der Waals surface area (Å²) < 4.78 is 30.2. The van der Waals surface area contributed by atoms with Crippen molar-refractivity contribution < 1.29 is 13.2 Å². The number of carbonyl (C=O) groups excluding carboxylic acids is 1. The molecule has 0 atom stereocenters. The van der Waals surface area contributed by atoms with Crippen LogP contribution in [0.3, 0.4) is 0 Å². The standard InChI is InChI=1S/C31H30N4O3S3/c1-4-33(5-2)41(37,38)27-13-9-10-24(18-27)29-25(21-35(32-29)26-11-7-6-8-12-26)19-28-30(36)34(31(39)40-28)20-23-16-14-22(3)15-17-23/h6-19,21H,4-5,20H2,1-3H3. The van der Waals surface area contributed by atoms with E-state index in [2.05, 4.69) is 0 Å². The first-order valence-corrected chi connectivity index (χ1v) is 15.9. The molecule has 1 saturated heterocycles. The largest absolute Gasteiger partial charge is 0.288 e. The number of thiocarbonyl (C=S) groups is 1. The quantitative estimate of drug-likeness (QED) is 0.166. The zero-order chi connectivity index (χ0) is 29.1. The Labute approximate surface area is 250 Å². The third kappa shape index (κ3) is 6.06. The summed E-state index contributed by atoms with van der Waals surface area (Å²) in [5.74, 6) is -0.170. The molecule has 3 aromatic carbocycles. The van der Waals surface area contributed by atoms with E-state index in [4.69, 9.17) is 17.3 Å². The molecule has 210 valence electrons. The zero-order valence-corrected chi connectivity index (χ0v) is 25.5. The third-order valence-electron chi connectivity index (χ3n) is 6.84. The molecule has 1 amide bonds. The molecule has 7 nitrogen and oxygen atoms in total. The summed E-state index contributed by atoms with van der Waals surface area (Å²) in [7, 11) is -3.67. The summed E-state index contributed by atoms with van der Waals surface area (Å²) in [5.41, 5.74) is 4.87. The van der Waals surface area contributed by atoms with Crippen molar-refractivity contribution in [3.8, 4) is 16.9 Å². The van der Waals surface area contributed by atoms with Crippen molar-refractivity contribution in [3.63, 3.8) is 0 Å². The fourth-order valence-corrected chi connectivity index (χ4v) is 7.35. The Balaban J connectivity index is 1.55. The van der Waals surface area contributed by atoms with Crippen molar-refractivity contribution in [2.45, 2.75) is 32.2 Å². The van der Waals surface area contributed by atoms with Crippen LogP contribution >= 0.6 is 24.0 Å². The second-order valence-electron chi connectivity index (χ2n) is 9.58. The molecule has 41 heavy (non-hydrogen) atoms. The summed E-state index contributed by atoms with van der Waals surface area (Å²) >= 11 is 6.84. The summed E-state index contributed by atoms with van der Waals surface area (Å²) in [4.78, 5) is 15.8. The topological polar surface area (TPSA) is 75.5 Å². The first-order valence-electron chi connectivity index (χ1n) is 13.3. The van der Waals surface area contributed by atoms with Gasteiger partial charge in [0.2, 0.25) is 10.0 Å². The molecular formula is C31H30N4O3S3. The van der Waals surface area contributed by atoms with E-state index in [-0.39, 0.29) is 10.8 Å². The number of hydrogen-bond donors (Lipinski definition) is 0. The molecule has 1 aliphatic rings. The van der Waals surface area contributed by atoms with Crippen LogP contribution < -0.4 is 0 Å². The maximum atomic E-state index is 13.5. The molecule has 0 saturated carbocycles. The normalized spacial score (nSPS) is 14.9. The van der Waals surface area contributed by atoms with Crippen LogP contribution in [0.15, 0.2) is 94.9 Å². The number of nitrogens with zero attached hydrogens (tertiary/aromatic N) is 4. The van der Waals surface area contributed by atoms with Crippen LogP contribution in [0.4, 0.5) is 0 Å². The Morgan fingerprint density at radius 3 is 2.37 bits per heavy atom. The molecule has 0 radical (unpaired) electrons. The average Bonchev–Trinajstić information content (AvgIpc) is 3.51. The maximum Gasteiger partial charge on any atom is 0.266 e. The van der Waals surface area contributed by atoms with Crippen LogP contribution in [-0.2, 0) is 21.4 Å². The van der Waals surface area contributed by atoms with E-state index in [0.717, 1.165) is 16.8 Å². The van der Waals surface area contributed by atoms with Crippen LogP contribution in [0, 0.1) is 6.92 Å². The van der Waals surface area contributed by atoms with Crippen molar-refractivity contribution in [2.75, 3.05) is 13.1 Å².